The number of rotatable bonds is 6. The predicted molar refractivity (Wildman–Crippen MR) is 105 cm³/mol. The summed E-state index contributed by atoms with van der Waals surface area (Å²) in [5.74, 6) is 1.79. The van der Waals surface area contributed by atoms with Crippen LogP contribution in [0.15, 0.2) is 59.6 Å². The third-order valence-electron chi connectivity index (χ3n) is 4.18. The van der Waals surface area contributed by atoms with Gasteiger partial charge in [0, 0.05) is 17.0 Å². The van der Waals surface area contributed by atoms with Crippen molar-refractivity contribution in [2.45, 2.75) is 19.4 Å². The van der Waals surface area contributed by atoms with Gasteiger partial charge >= 0.3 is 0 Å². The van der Waals surface area contributed by atoms with Crippen LogP contribution in [0.5, 0.6) is 5.75 Å². The van der Waals surface area contributed by atoms with Crippen molar-refractivity contribution in [3.05, 3.63) is 60.2 Å². The maximum Gasteiger partial charge on any atom is 0.182 e. The first kappa shape index (κ1) is 17.5. The summed E-state index contributed by atoms with van der Waals surface area (Å²) < 4.78 is 5.16. The van der Waals surface area contributed by atoms with Crippen LogP contribution in [0.2, 0.25) is 0 Å². The van der Waals surface area contributed by atoms with Crippen molar-refractivity contribution in [3.8, 4) is 5.75 Å². The first-order chi connectivity index (χ1) is 12.2. The van der Waals surface area contributed by atoms with E-state index in [9.17, 15) is 4.79 Å². The Labute approximate surface area is 152 Å². The van der Waals surface area contributed by atoms with Crippen molar-refractivity contribution in [2.24, 2.45) is 4.99 Å². The van der Waals surface area contributed by atoms with Gasteiger partial charge in [0.25, 0.3) is 0 Å². The number of carbonyl (C=O) groups excluding carboxylic acids is 1. The van der Waals surface area contributed by atoms with Crippen molar-refractivity contribution in [2.75, 3.05) is 24.3 Å². The number of benzene rings is 2. The maximum atomic E-state index is 12.8. The zero-order chi connectivity index (χ0) is 17.6. The first-order valence-electron chi connectivity index (χ1n) is 8.41. The number of aliphatic imine (C=N–C) groups is 1. The maximum absolute atomic E-state index is 12.8. The fourth-order valence-electron chi connectivity index (χ4n) is 2.65. The molecule has 1 aliphatic heterocycles. The van der Waals surface area contributed by atoms with Gasteiger partial charge in [-0.2, -0.15) is 0 Å². The molecule has 0 amide bonds. The van der Waals surface area contributed by atoms with E-state index in [0.717, 1.165) is 28.8 Å². The number of ether oxygens (including phenoxy) is 1. The normalized spacial score (nSPS) is 16.4. The van der Waals surface area contributed by atoms with Crippen LogP contribution in [0, 0.1) is 0 Å². The SMILES string of the molecule is CC[C@H]1CSC(N(CC(=O)c2ccc(OC)cc2)c2ccccc2)=N1. The summed E-state index contributed by atoms with van der Waals surface area (Å²) in [7, 11) is 1.62. The molecule has 4 nitrogen and oxygen atoms in total. The molecule has 25 heavy (non-hydrogen) atoms. The van der Waals surface area contributed by atoms with E-state index in [2.05, 4.69) is 6.92 Å². The number of anilines is 1. The van der Waals surface area contributed by atoms with E-state index in [1.165, 1.54) is 0 Å². The number of Topliss-reactive ketones (excluding diaryl/α,β-unsaturated/α-hetero) is 1. The largest absolute Gasteiger partial charge is 0.497 e. The van der Waals surface area contributed by atoms with E-state index in [0.29, 0.717) is 11.6 Å². The first-order valence-corrected chi connectivity index (χ1v) is 9.40. The van der Waals surface area contributed by atoms with Crippen molar-refractivity contribution in [1.29, 1.82) is 0 Å². The minimum atomic E-state index is 0.0646. The average Bonchev–Trinajstić information content (AvgIpc) is 3.15. The number of para-hydroxylation sites is 1. The number of thioether (sulfide) groups is 1. The third-order valence-corrected chi connectivity index (χ3v) is 5.32. The van der Waals surface area contributed by atoms with Crippen LogP contribution in [0.25, 0.3) is 0 Å². The van der Waals surface area contributed by atoms with Crippen LogP contribution in [0.1, 0.15) is 23.7 Å². The molecule has 1 atom stereocenters. The molecule has 0 spiro atoms. The van der Waals surface area contributed by atoms with Crippen LogP contribution in [0.4, 0.5) is 5.69 Å². The lowest BCUT2D eigenvalue weighted by atomic mass is 10.1. The van der Waals surface area contributed by atoms with Crippen molar-refractivity contribution < 1.29 is 9.53 Å². The van der Waals surface area contributed by atoms with Gasteiger partial charge in [0.15, 0.2) is 11.0 Å². The number of nitrogens with zero attached hydrogens (tertiary/aromatic N) is 2. The highest BCUT2D eigenvalue weighted by atomic mass is 32.2. The van der Waals surface area contributed by atoms with Crippen LogP contribution in [0.3, 0.4) is 0 Å². The smallest absolute Gasteiger partial charge is 0.182 e. The number of methoxy groups -OCH3 is 1. The summed E-state index contributed by atoms with van der Waals surface area (Å²) in [6.45, 7) is 2.42. The number of hydrogen-bond donors (Lipinski definition) is 0. The average molecular weight is 354 g/mol. The van der Waals surface area contributed by atoms with E-state index in [-0.39, 0.29) is 12.3 Å². The molecule has 0 fully saturated rings. The van der Waals surface area contributed by atoms with E-state index in [1.807, 2.05) is 59.5 Å². The molecule has 1 aliphatic rings. The molecule has 130 valence electrons. The molecule has 0 aromatic heterocycles. The molecule has 0 aliphatic carbocycles. The van der Waals surface area contributed by atoms with Crippen LogP contribution >= 0.6 is 11.8 Å². The molecule has 0 saturated carbocycles. The quantitative estimate of drug-likeness (QED) is 0.727. The third kappa shape index (κ3) is 4.23. The van der Waals surface area contributed by atoms with Gasteiger partial charge in [-0.05, 0) is 42.8 Å². The van der Waals surface area contributed by atoms with E-state index >= 15 is 0 Å². The molecule has 5 heteroatoms. The summed E-state index contributed by atoms with van der Waals surface area (Å²) in [6.07, 6.45) is 1.02. The Morgan fingerprint density at radius 1 is 1.20 bits per heavy atom. The Hall–Kier alpha value is -2.27. The van der Waals surface area contributed by atoms with Crippen molar-refractivity contribution in [1.82, 2.24) is 0 Å². The fourth-order valence-corrected chi connectivity index (χ4v) is 3.85. The van der Waals surface area contributed by atoms with Gasteiger partial charge < -0.3 is 9.64 Å². The predicted octanol–water partition coefficient (Wildman–Crippen LogP) is 4.27. The highest BCUT2D eigenvalue weighted by Crippen LogP contribution is 2.27. The molecular weight excluding hydrogens is 332 g/mol. The molecule has 2 aromatic carbocycles. The van der Waals surface area contributed by atoms with E-state index < -0.39 is 0 Å². The van der Waals surface area contributed by atoms with Crippen LogP contribution in [-0.2, 0) is 0 Å². The van der Waals surface area contributed by atoms with Gasteiger partial charge in [0.1, 0.15) is 5.75 Å². The summed E-state index contributed by atoms with van der Waals surface area (Å²) in [5.41, 5.74) is 1.67. The molecule has 0 unspecified atom stereocenters. The van der Waals surface area contributed by atoms with Crippen molar-refractivity contribution >= 4 is 28.4 Å². The summed E-state index contributed by atoms with van der Waals surface area (Å²) in [4.78, 5) is 19.6. The summed E-state index contributed by atoms with van der Waals surface area (Å²) in [6, 6.07) is 17.6. The van der Waals surface area contributed by atoms with Crippen molar-refractivity contribution in [3.63, 3.8) is 0 Å². The summed E-state index contributed by atoms with van der Waals surface area (Å²) in [5, 5.41) is 0.930. The monoisotopic (exact) mass is 354 g/mol. The zero-order valence-electron chi connectivity index (χ0n) is 14.5. The zero-order valence-corrected chi connectivity index (χ0v) is 15.3. The van der Waals surface area contributed by atoms with Gasteiger partial charge in [0.2, 0.25) is 0 Å². The van der Waals surface area contributed by atoms with Gasteiger partial charge in [-0.3, -0.25) is 9.79 Å². The highest BCUT2D eigenvalue weighted by Gasteiger charge is 2.24. The Balaban J connectivity index is 1.83. The number of amidine groups is 1. The molecular formula is C20H22N2O2S. The lowest BCUT2D eigenvalue weighted by Gasteiger charge is -2.23. The molecule has 0 bridgehead atoms. The lowest BCUT2D eigenvalue weighted by molar-refractivity contribution is 0.100. The molecule has 3 rings (SSSR count). The van der Waals surface area contributed by atoms with Crippen LogP contribution < -0.4 is 9.64 Å². The molecule has 1 heterocycles. The standard InChI is InChI=1S/C20H22N2O2S/c1-3-16-14-25-20(21-16)22(17-7-5-4-6-8-17)13-19(23)15-9-11-18(24-2)12-10-15/h4-12,16H,3,13-14H2,1-2H3/t16-/m0/s1. The van der Waals surface area contributed by atoms with Gasteiger partial charge in [-0.1, -0.05) is 36.9 Å². The minimum Gasteiger partial charge on any atom is -0.497 e. The van der Waals surface area contributed by atoms with Crippen LogP contribution in [-0.4, -0.2) is 36.4 Å². The second-order valence-electron chi connectivity index (χ2n) is 5.86. The van der Waals surface area contributed by atoms with Gasteiger partial charge in [-0.15, -0.1) is 0 Å². The Bertz CT molecular complexity index is 744. The van der Waals surface area contributed by atoms with E-state index in [1.54, 1.807) is 18.9 Å². The molecule has 0 N–H and O–H groups in total. The van der Waals surface area contributed by atoms with E-state index in [4.69, 9.17) is 9.73 Å². The minimum absolute atomic E-state index is 0.0646. The topological polar surface area (TPSA) is 41.9 Å². The second-order valence-corrected chi connectivity index (χ2v) is 6.85. The lowest BCUT2D eigenvalue weighted by Crippen LogP contribution is -2.33. The number of ketones is 1. The molecule has 0 radical (unpaired) electrons. The fraction of sp³-hybridized carbons (Fsp3) is 0.300. The van der Waals surface area contributed by atoms with Gasteiger partial charge in [-0.25, -0.2) is 0 Å². The number of carbonyl (C=O) groups is 1. The second kappa shape index (κ2) is 8.21. The Morgan fingerprint density at radius 3 is 2.52 bits per heavy atom. The molecule has 0 saturated heterocycles. The Morgan fingerprint density at radius 2 is 1.92 bits per heavy atom. The summed E-state index contributed by atoms with van der Waals surface area (Å²) >= 11 is 1.72. The van der Waals surface area contributed by atoms with Gasteiger partial charge in [0.05, 0.1) is 19.7 Å². The number of hydrogen-bond acceptors (Lipinski definition) is 5. The Kier molecular flexibility index (Phi) is 5.76. The highest BCUT2D eigenvalue weighted by molar-refractivity contribution is 8.14. The molecule has 2 aromatic rings.